The average molecular weight is 258 g/mol. The van der Waals surface area contributed by atoms with Crippen molar-refractivity contribution in [3.63, 3.8) is 0 Å². The van der Waals surface area contributed by atoms with E-state index in [0.717, 1.165) is 12.8 Å². The summed E-state index contributed by atoms with van der Waals surface area (Å²) in [7, 11) is 0. The van der Waals surface area contributed by atoms with Crippen molar-refractivity contribution in [2.24, 2.45) is 10.8 Å². The predicted molar refractivity (Wildman–Crippen MR) is 78.5 cm³/mol. The van der Waals surface area contributed by atoms with Crippen LogP contribution in [0, 0.1) is 10.8 Å². The molecule has 18 heavy (non-hydrogen) atoms. The Labute approximate surface area is 114 Å². The molecule has 0 aliphatic heterocycles. The molecule has 2 heteroatoms. The number of hydrogen-bond donors (Lipinski definition) is 0. The van der Waals surface area contributed by atoms with Gasteiger partial charge in [-0.2, -0.15) is 0 Å². The molecule has 0 amide bonds. The Morgan fingerprint density at radius 3 is 0.889 bits per heavy atom. The van der Waals surface area contributed by atoms with Gasteiger partial charge >= 0.3 is 0 Å². The molecule has 0 rings (SSSR count). The summed E-state index contributed by atoms with van der Waals surface area (Å²) in [5, 5.41) is 0. The molecule has 0 aromatic rings. The van der Waals surface area contributed by atoms with Gasteiger partial charge < -0.3 is 0 Å². The van der Waals surface area contributed by atoms with Crippen LogP contribution in [-0.2, 0) is 9.78 Å². The minimum absolute atomic E-state index is 0.237. The second kappa shape index (κ2) is 5.50. The number of rotatable bonds is 5. The first-order valence-corrected chi connectivity index (χ1v) is 6.99. The molecule has 0 N–H and O–H groups in total. The first-order chi connectivity index (χ1) is 7.62. The van der Waals surface area contributed by atoms with Crippen LogP contribution in [0.15, 0.2) is 0 Å². The Morgan fingerprint density at radius 1 is 0.500 bits per heavy atom. The third-order valence-corrected chi connectivity index (χ3v) is 2.40. The van der Waals surface area contributed by atoms with Gasteiger partial charge in [0.1, 0.15) is 0 Å². The van der Waals surface area contributed by atoms with Crippen molar-refractivity contribution < 1.29 is 9.78 Å². The highest BCUT2D eigenvalue weighted by Crippen LogP contribution is 2.34. The largest absolute Gasteiger partial charge is 0.230 e. The van der Waals surface area contributed by atoms with E-state index in [0.29, 0.717) is 0 Å². The van der Waals surface area contributed by atoms with Gasteiger partial charge in [0.25, 0.3) is 0 Å². The van der Waals surface area contributed by atoms with E-state index in [-0.39, 0.29) is 22.0 Å². The van der Waals surface area contributed by atoms with E-state index in [1.807, 2.05) is 0 Å². The van der Waals surface area contributed by atoms with Crippen LogP contribution in [0.3, 0.4) is 0 Å². The van der Waals surface area contributed by atoms with Gasteiger partial charge in [-0.25, -0.2) is 9.78 Å². The van der Waals surface area contributed by atoms with Gasteiger partial charge in [0.15, 0.2) is 0 Å². The fourth-order valence-electron chi connectivity index (χ4n) is 2.84. The van der Waals surface area contributed by atoms with Crippen LogP contribution in [0.4, 0.5) is 0 Å². The van der Waals surface area contributed by atoms with Crippen LogP contribution in [0.5, 0.6) is 0 Å². The summed E-state index contributed by atoms with van der Waals surface area (Å²) in [5.41, 5.74) is -0.0388. The van der Waals surface area contributed by atoms with E-state index in [2.05, 4.69) is 69.2 Å². The molecule has 0 aliphatic rings. The molecule has 0 aromatic carbocycles. The van der Waals surface area contributed by atoms with E-state index in [1.54, 1.807) is 0 Å². The highest BCUT2D eigenvalue weighted by molar-refractivity contribution is 4.78. The average Bonchev–Trinajstić information content (AvgIpc) is 1.91. The maximum Gasteiger partial charge on any atom is 0.0985 e. The lowest BCUT2D eigenvalue weighted by Crippen LogP contribution is -2.37. The quantitative estimate of drug-likeness (QED) is 0.488. The highest BCUT2D eigenvalue weighted by atomic mass is 17.2. The zero-order valence-corrected chi connectivity index (χ0v) is 14.2. The predicted octanol–water partition coefficient (Wildman–Crippen LogP) is 5.36. The molecular weight excluding hydrogens is 224 g/mol. The Bertz CT molecular complexity index is 223. The van der Waals surface area contributed by atoms with Crippen molar-refractivity contribution in [3.05, 3.63) is 0 Å². The van der Waals surface area contributed by atoms with Crippen LogP contribution < -0.4 is 0 Å². The van der Waals surface area contributed by atoms with E-state index < -0.39 is 0 Å². The minimum atomic E-state index is -0.257. The smallest absolute Gasteiger partial charge is 0.0985 e. The summed E-state index contributed by atoms with van der Waals surface area (Å²) in [6.45, 7) is 21.7. The molecule has 0 saturated carbocycles. The summed E-state index contributed by atoms with van der Waals surface area (Å²) in [6, 6.07) is 0. The molecule has 0 bridgehead atoms. The van der Waals surface area contributed by atoms with Gasteiger partial charge in [-0.3, -0.25) is 0 Å². The van der Waals surface area contributed by atoms with Gasteiger partial charge in [-0.15, -0.1) is 0 Å². The molecule has 110 valence electrons. The first-order valence-electron chi connectivity index (χ1n) is 6.99. The molecular formula is C16H34O2. The molecule has 0 fully saturated rings. The molecule has 0 spiro atoms. The zero-order valence-electron chi connectivity index (χ0n) is 14.2. The first kappa shape index (κ1) is 17.9. The fraction of sp³-hybridized carbons (Fsp3) is 1.00. The van der Waals surface area contributed by atoms with Crippen molar-refractivity contribution >= 4 is 0 Å². The third-order valence-electron chi connectivity index (χ3n) is 2.40. The maximum atomic E-state index is 5.72. The van der Waals surface area contributed by atoms with Crippen molar-refractivity contribution in [1.82, 2.24) is 0 Å². The standard InChI is InChI=1S/C16H34O2/c1-13(2,3)11-15(7,8)17-18-16(9,10)12-14(4,5)6/h11-12H2,1-10H3. The molecule has 0 saturated heterocycles. The van der Waals surface area contributed by atoms with Crippen molar-refractivity contribution in [1.29, 1.82) is 0 Å². The van der Waals surface area contributed by atoms with Crippen LogP contribution >= 0.6 is 0 Å². The van der Waals surface area contributed by atoms with E-state index in [1.165, 1.54) is 0 Å². The second-order valence-corrected chi connectivity index (χ2v) is 9.16. The van der Waals surface area contributed by atoms with Crippen LogP contribution in [0.1, 0.15) is 82.1 Å². The van der Waals surface area contributed by atoms with Crippen LogP contribution in [0.25, 0.3) is 0 Å². The van der Waals surface area contributed by atoms with E-state index >= 15 is 0 Å². The molecule has 0 heterocycles. The van der Waals surface area contributed by atoms with Crippen LogP contribution in [-0.4, -0.2) is 11.2 Å². The van der Waals surface area contributed by atoms with Crippen molar-refractivity contribution in [2.75, 3.05) is 0 Å². The normalized spacial score (nSPS) is 15.0. The molecule has 2 nitrogen and oxygen atoms in total. The molecule has 0 aromatic heterocycles. The summed E-state index contributed by atoms with van der Waals surface area (Å²) >= 11 is 0. The molecule has 0 radical (unpaired) electrons. The van der Waals surface area contributed by atoms with Crippen molar-refractivity contribution in [2.45, 2.75) is 93.3 Å². The van der Waals surface area contributed by atoms with Crippen LogP contribution in [0.2, 0.25) is 0 Å². The van der Waals surface area contributed by atoms with Crippen molar-refractivity contribution in [3.8, 4) is 0 Å². The Morgan fingerprint density at radius 2 is 0.722 bits per heavy atom. The monoisotopic (exact) mass is 258 g/mol. The lowest BCUT2D eigenvalue weighted by atomic mass is 9.83. The fourth-order valence-corrected chi connectivity index (χ4v) is 2.84. The highest BCUT2D eigenvalue weighted by Gasteiger charge is 2.32. The Kier molecular flexibility index (Phi) is 5.48. The van der Waals surface area contributed by atoms with Gasteiger partial charge in [-0.05, 0) is 51.4 Å². The SMILES string of the molecule is CC(C)(C)CC(C)(C)OOC(C)(C)CC(C)(C)C. The Balaban J connectivity index is 4.38. The summed E-state index contributed by atoms with van der Waals surface area (Å²) in [5.74, 6) is 0. The van der Waals surface area contributed by atoms with E-state index in [4.69, 9.17) is 9.78 Å². The summed E-state index contributed by atoms with van der Waals surface area (Å²) < 4.78 is 0. The van der Waals surface area contributed by atoms with Gasteiger partial charge in [-0.1, -0.05) is 41.5 Å². The minimum Gasteiger partial charge on any atom is -0.230 e. The lowest BCUT2D eigenvalue weighted by molar-refractivity contribution is -0.407. The summed E-state index contributed by atoms with van der Waals surface area (Å²) in [4.78, 5) is 11.4. The molecule has 0 aliphatic carbocycles. The summed E-state index contributed by atoms with van der Waals surface area (Å²) in [6.07, 6.45) is 1.93. The van der Waals surface area contributed by atoms with E-state index in [9.17, 15) is 0 Å². The molecule has 0 atom stereocenters. The van der Waals surface area contributed by atoms with Gasteiger partial charge in [0, 0.05) is 0 Å². The van der Waals surface area contributed by atoms with Gasteiger partial charge in [0.05, 0.1) is 11.2 Å². The second-order valence-electron chi connectivity index (χ2n) is 9.16. The third kappa shape index (κ3) is 9.90. The Hall–Kier alpha value is -0.0800. The topological polar surface area (TPSA) is 18.5 Å². The maximum absolute atomic E-state index is 5.72. The molecule has 0 unspecified atom stereocenters. The lowest BCUT2D eigenvalue weighted by Gasteiger charge is -2.36. The zero-order chi connectivity index (χ0) is 14.8. The number of hydrogen-bond acceptors (Lipinski definition) is 2. The van der Waals surface area contributed by atoms with Gasteiger partial charge in [0.2, 0.25) is 0 Å².